The van der Waals surface area contributed by atoms with Crippen LogP contribution in [0.1, 0.15) is 36.3 Å². The Kier molecular flexibility index (Phi) is 5.64. The number of nitrogens with one attached hydrogen (secondary N) is 1. The number of hydrogen-bond donors (Lipinski definition) is 1. The summed E-state index contributed by atoms with van der Waals surface area (Å²) in [7, 11) is 0. The molecule has 2 nitrogen and oxygen atoms in total. The van der Waals surface area contributed by atoms with Crippen molar-refractivity contribution in [1.82, 2.24) is 10.3 Å². The van der Waals surface area contributed by atoms with Gasteiger partial charge < -0.3 is 5.32 Å². The van der Waals surface area contributed by atoms with Crippen LogP contribution in [0.4, 0.5) is 0 Å². The maximum absolute atomic E-state index is 4.58. The first-order valence-electron chi connectivity index (χ1n) is 5.39. The minimum atomic E-state index is 0.542. The maximum atomic E-state index is 4.58. The van der Waals surface area contributed by atoms with Crippen LogP contribution in [0, 0.1) is 6.92 Å². The minimum Gasteiger partial charge on any atom is -0.310 e. The van der Waals surface area contributed by atoms with E-state index in [1.54, 1.807) is 0 Å². The molecule has 0 radical (unpaired) electrons. The molecule has 4 heteroatoms. The van der Waals surface area contributed by atoms with Gasteiger partial charge in [-0.05, 0) is 12.7 Å². The first-order valence-corrected chi connectivity index (χ1v) is 7.37. The third-order valence-corrected chi connectivity index (χ3v) is 4.26. The third-order valence-electron chi connectivity index (χ3n) is 2.04. The summed E-state index contributed by atoms with van der Waals surface area (Å²) in [5.41, 5.74) is 1.19. The number of thiazole rings is 1. The van der Waals surface area contributed by atoms with Crippen LogP contribution >= 0.6 is 23.1 Å². The molecule has 15 heavy (non-hydrogen) atoms. The van der Waals surface area contributed by atoms with Crippen molar-refractivity contribution in [3.05, 3.63) is 15.6 Å². The van der Waals surface area contributed by atoms with Gasteiger partial charge in [0.25, 0.3) is 0 Å². The van der Waals surface area contributed by atoms with Crippen LogP contribution in [0.2, 0.25) is 0 Å². The summed E-state index contributed by atoms with van der Waals surface area (Å²) in [6.45, 7) is 9.59. The fraction of sp³-hybridized carbons (Fsp3) is 0.727. The van der Waals surface area contributed by atoms with E-state index in [0.29, 0.717) is 6.04 Å². The van der Waals surface area contributed by atoms with Gasteiger partial charge in [0.2, 0.25) is 0 Å². The maximum Gasteiger partial charge on any atom is 0.103 e. The highest BCUT2D eigenvalue weighted by Crippen LogP contribution is 2.22. The molecule has 0 aliphatic rings. The molecule has 1 aromatic rings. The molecule has 0 aliphatic heterocycles. The normalized spacial score (nSPS) is 11.3. The zero-order chi connectivity index (χ0) is 11.3. The molecule has 0 saturated heterocycles. The SMILES string of the molecule is CCSCc1nc(C)c(CNC(C)C)s1. The van der Waals surface area contributed by atoms with Crippen molar-refractivity contribution in [2.75, 3.05) is 5.75 Å². The molecule has 0 aliphatic carbocycles. The van der Waals surface area contributed by atoms with Gasteiger partial charge in [-0.1, -0.05) is 20.8 Å². The van der Waals surface area contributed by atoms with Crippen LogP contribution in [0.25, 0.3) is 0 Å². The molecule has 0 saturated carbocycles. The molecule has 1 rings (SSSR count). The van der Waals surface area contributed by atoms with Gasteiger partial charge in [-0.25, -0.2) is 4.98 Å². The predicted molar refractivity (Wildman–Crippen MR) is 70.7 cm³/mol. The number of thioether (sulfide) groups is 1. The molecule has 0 aromatic carbocycles. The molecule has 0 fully saturated rings. The van der Waals surface area contributed by atoms with Crippen molar-refractivity contribution in [2.45, 2.75) is 46.0 Å². The quantitative estimate of drug-likeness (QED) is 0.832. The van der Waals surface area contributed by atoms with Crippen LogP contribution in [-0.4, -0.2) is 16.8 Å². The Morgan fingerprint density at radius 1 is 1.47 bits per heavy atom. The lowest BCUT2D eigenvalue weighted by atomic mass is 10.3. The van der Waals surface area contributed by atoms with Gasteiger partial charge in [0.05, 0.1) is 5.69 Å². The Labute approximate surface area is 101 Å². The number of rotatable bonds is 6. The number of nitrogens with zero attached hydrogens (tertiary/aromatic N) is 1. The van der Waals surface area contributed by atoms with E-state index in [1.165, 1.54) is 15.6 Å². The summed E-state index contributed by atoms with van der Waals surface area (Å²) in [6, 6.07) is 0.542. The fourth-order valence-electron chi connectivity index (χ4n) is 1.20. The summed E-state index contributed by atoms with van der Waals surface area (Å²) in [5.74, 6) is 2.22. The number of aromatic nitrogens is 1. The van der Waals surface area contributed by atoms with Gasteiger partial charge in [0, 0.05) is 23.2 Å². The minimum absolute atomic E-state index is 0.542. The van der Waals surface area contributed by atoms with Gasteiger partial charge in [0.15, 0.2) is 0 Å². The summed E-state index contributed by atoms with van der Waals surface area (Å²) in [6.07, 6.45) is 0. The highest BCUT2D eigenvalue weighted by Gasteiger charge is 2.07. The molecule has 0 bridgehead atoms. The van der Waals surface area contributed by atoms with Crippen LogP contribution in [0.15, 0.2) is 0 Å². The Bertz CT molecular complexity index is 295. The van der Waals surface area contributed by atoms with E-state index in [1.807, 2.05) is 23.1 Å². The Morgan fingerprint density at radius 3 is 2.80 bits per heavy atom. The molecule has 0 atom stereocenters. The van der Waals surface area contributed by atoms with Crippen LogP contribution in [0.3, 0.4) is 0 Å². The molecule has 1 heterocycles. The van der Waals surface area contributed by atoms with Crippen LogP contribution in [-0.2, 0) is 12.3 Å². The highest BCUT2D eigenvalue weighted by atomic mass is 32.2. The van der Waals surface area contributed by atoms with E-state index in [2.05, 4.69) is 38.0 Å². The highest BCUT2D eigenvalue weighted by molar-refractivity contribution is 7.98. The standard InChI is InChI=1S/C11H20N2S2/c1-5-14-7-11-13-9(4)10(15-11)6-12-8(2)3/h8,12H,5-7H2,1-4H3. The summed E-state index contributed by atoms with van der Waals surface area (Å²) < 4.78 is 0. The molecule has 86 valence electrons. The van der Waals surface area contributed by atoms with Gasteiger partial charge in [-0.15, -0.1) is 11.3 Å². The molecule has 0 spiro atoms. The second-order valence-corrected chi connectivity index (χ2v) is 6.23. The van der Waals surface area contributed by atoms with Crippen molar-refractivity contribution < 1.29 is 0 Å². The average Bonchev–Trinajstić information content (AvgIpc) is 2.53. The van der Waals surface area contributed by atoms with Gasteiger partial charge in [-0.3, -0.25) is 0 Å². The van der Waals surface area contributed by atoms with Crippen molar-refractivity contribution in [3.8, 4) is 0 Å². The molecular formula is C11H20N2S2. The first kappa shape index (κ1) is 13.0. The van der Waals surface area contributed by atoms with E-state index in [-0.39, 0.29) is 0 Å². The lowest BCUT2D eigenvalue weighted by Gasteiger charge is -2.05. The zero-order valence-electron chi connectivity index (χ0n) is 9.96. The van der Waals surface area contributed by atoms with E-state index in [9.17, 15) is 0 Å². The lowest BCUT2D eigenvalue weighted by Crippen LogP contribution is -2.21. The summed E-state index contributed by atoms with van der Waals surface area (Å²) >= 11 is 3.78. The Hall–Kier alpha value is -0.0600. The van der Waals surface area contributed by atoms with Crippen molar-refractivity contribution >= 4 is 23.1 Å². The van der Waals surface area contributed by atoms with Crippen molar-refractivity contribution in [3.63, 3.8) is 0 Å². The zero-order valence-corrected chi connectivity index (χ0v) is 11.6. The van der Waals surface area contributed by atoms with E-state index in [0.717, 1.165) is 18.1 Å². The summed E-state index contributed by atoms with van der Waals surface area (Å²) in [4.78, 5) is 5.97. The summed E-state index contributed by atoms with van der Waals surface area (Å²) in [5, 5.41) is 4.70. The van der Waals surface area contributed by atoms with E-state index < -0.39 is 0 Å². The third kappa shape index (κ3) is 4.53. The van der Waals surface area contributed by atoms with Crippen LogP contribution < -0.4 is 5.32 Å². The largest absolute Gasteiger partial charge is 0.310 e. The molecule has 0 unspecified atom stereocenters. The molecule has 1 N–H and O–H groups in total. The van der Waals surface area contributed by atoms with Crippen molar-refractivity contribution in [1.29, 1.82) is 0 Å². The molecule has 1 aromatic heterocycles. The Balaban J connectivity index is 2.52. The van der Waals surface area contributed by atoms with Crippen LogP contribution in [0.5, 0.6) is 0 Å². The smallest absolute Gasteiger partial charge is 0.103 e. The predicted octanol–water partition coefficient (Wildman–Crippen LogP) is 3.20. The molecule has 0 amide bonds. The Morgan fingerprint density at radius 2 is 2.20 bits per heavy atom. The first-order chi connectivity index (χ1) is 7.13. The topological polar surface area (TPSA) is 24.9 Å². The van der Waals surface area contributed by atoms with Gasteiger partial charge in [0.1, 0.15) is 5.01 Å². The van der Waals surface area contributed by atoms with E-state index in [4.69, 9.17) is 0 Å². The number of aryl methyl sites for hydroxylation is 1. The van der Waals surface area contributed by atoms with Gasteiger partial charge in [-0.2, -0.15) is 11.8 Å². The average molecular weight is 244 g/mol. The second-order valence-electron chi connectivity index (χ2n) is 3.79. The number of hydrogen-bond acceptors (Lipinski definition) is 4. The molecular weight excluding hydrogens is 224 g/mol. The monoisotopic (exact) mass is 244 g/mol. The van der Waals surface area contributed by atoms with E-state index >= 15 is 0 Å². The van der Waals surface area contributed by atoms with Crippen molar-refractivity contribution in [2.24, 2.45) is 0 Å². The second kappa shape index (κ2) is 6.51. The van der Waals surface area contributed by atoms with Gasteiger partial charge >= 0.3 is 0 Å². The lowest BCUT2D eigenvalue weighted by molar-refractivity contribution is 0.591. The fourth-order valence-corrected chi connectivity index (χ4v) is 2.95.